The zero-order valence-electron chi connectivity index (χ0n) is 17.4. The molecule has 30 heavy (non-hydrogen) atoms. The van der Waals surface area contributed by atoms with Gasteiger partial charge in [-0.05, 0) is 63.1 Å². The molecule has 0 aliphatic carbocycles. The van der Waals surface area contributed by atoms with Crippen molar-refractivity contribution in [2.24, 2.45) is 0 Å². The molecule has 2 N–H and O–H groups in total. The number of aryl methyl sites for hydroxylation is 3. The van der Waals surface area contributed by atoms with Gasteiger partial charge in [0.2, 0.25) is 11.9 Å². The lowest BCUT2D eigenvalue weighted by Gasteiger charge is -2.15. The molecular formula is C23H24N4O3. The van der Waals surface area contributed by atoms with Crippen LogP contribution < -0.4 is 16.2 Å². The quantitative estimate of drug-likeness (QED) is 0.610. The molecular weight excluding hydrogens is 380 g/mol. The predicted molar refractivity (Wildman–Crippen MR) is 118 cm³/mol. The molecule has 2 aromatic carbocycles. The first-order valence-corrected chi connectivity index (χ1v) is 9.56. The van der Waals surface area contributed by atoms with Crippen LogP contribution in [0.5, 0.6) is 0 Å². The maximum absolute atomic E-state index is 12.6. The van der Waals surface area contributed by atoms with E-state index in [1.54, 1.807) is 31.2 Å². The molecule has 0 aliphatic rings. The smallest absolute Gasteiger partial charge is 0.255 e. The second kappa shape index (κ2) is 8.73. The van der Waals surface area contributed by atoms with Gasteiger partial charge in [0.1, 0.15) is 6.54 Å². The Hall–Kier alpha value is -3.74. The molecule has 0 saturated carbocycles. The minimum absolute atomic E-state index is 0.0926. The van der Waals surface area contributed by atoms with Gasteiger partial charge in [0.25, 0.3) is 5.56 Å². The number of hydrogen-bond acceptors (Lipinski definition) is 5. The Bertz CT molecular complexity index is 1160. The molecule has 154 valence electrons. The molecule has 7 nitrogen and oxygen atoms in total. The highest BCUT2D eigenvalue weighted by Crippen LogP contribution is 2.18. The SMILES string of the molecule is CC(=O)c1cccc(NC(=O)Cn2c(Nc3cc(C)cc(C)c3)nc(C)cc2=O)c1. The van der Waals surface area contributed by atoms with Crippen molar-refractivity contribution in [2.75, 3.05) is 10.6 Å². The molecule has 0 spiro atoms. The summed E-state index contributed by atoms with van der Waals surface area (Å²) in [6, 6.07) is 14.0. The minimum Gasteiger partial charge on any atom is -0.325 e. The van der Waals surface area contributed by atoms with Crippen LogP contribution in [-0.4, -0.2) is 21.2 Å². The zero-order chi connectivity index (χ0) is 21.8. The largest absolute Gasteiger partial charge is 0.325 e. The number of ketones is 1. The van der Waals surface area contributed by atoms with E-state index in [9.17, 15) is 14.4 Å². The van der Waals surface area contributed by atoms with E-state index in [-0.39, 0.29) is 23.8 Å². The summed E-state index contributed by atoms with van der Waals surface area (Å²) in [5, 5.41) is 5.89. The molecule has 0 unspecified atom stereocenters. The molecule has 3 rings (SSSR count). The second-order valence-electron chi connectivity index (χ2n) is 7.33. The number of Topliss-reactive ketones (excluding diaryl/α,β-unsaturated/α-hetero) is 1. The molecule has 3 aromatic rings. The van der Waals surface area contributed by atoms with Gasteiger partial charge in [0.15, 0.2) is 5.78 Å². The van der Waals surface area contributed by atoms with Crippen molar-refractivity contribution in [3.8, 4) is 0 Å². The summed E-state index contributed by atoms with van der Waals surface area (Å²) in [6.45, 7) is 6.94. The fraction of sp³-hybridized carbons (Fsp3) is 0.217. The molecule has 0 aliphatic heterocycles. The average Bonchev–Trinajstić information content (AvgIpc) is 2.64. The van der Waals surface area contributed by atoms with Gasteiger partial charge in [-0.3, -0.25) is 19.0 Å². The van der Waals surface area contributed by atoms with E-state index >= 15 is 0 Å². The highest BCUT2D eigenvalue weighted by molar-refractivity contribution is 5.97. The van der Waals surface area contributed by atoms with Crippen LogP contribution in [0.2, 0.25) is 0 Å². The van der Waals surface area contributed by atoms with E-state index in [4.69, 9.17) is 0 Å². The maximum Gasteiger partial charge on any atom is 0.255 e. The molecule has 1 amide bonds. The Morgan fingerprint density at radius 3 is 2.33 bits per heavy atom. The Balaban J connectivity index is 1.86. The van der Waals surface area contributed by atoms with E-state index < -0.39 is 5.91 Å². The van der Waals surface area contributed by atoms with Crippen molar-refractivity contribution < 1.29 is 9.59 Å². The lowest BCUT2D eigenvalue weighted by Crippen LogP contribution is -2.30. The highest BCUT2D eigenvalue weighted by Gasteiger charge is 2.13. The van der Waals surface area contributed by atoms with Crippen molar-refractivity contribution in [1.82, 2.24) is 9.55 Å². The van der Waals surface area contributed by atoms with Crippen LogP contribution in [0, 0.1) is 20.8 Å². The van der Waals surface area contributed by atoms with Gasteiger partial charge in [-0.2, -0.15) is 0 Å². The summed E-state index contributed by atoms with van der Waals surface area (Å²) in [4.78, 5) is 41.1. The van der Waals surface area contributed by atoms with Gasteiger partial charge < -0.3 is 10.6 Å². The Labute approximate surface area is 174 Å². The van der Waals surface area contributed by atoms with Crippen LogP contribution in [0.15, 0.2) is 53.3 Å². The first-order valence-electron chi connectivity index (χ1n) is 9.56. The number of nitrogens with one attached hydrogen (secondary N) is 2. The summed E-state index contributed by atoms with van der Waals surface area (Å²) in [5.74, 6) is -0.199. The van der Waals surface area contributed by atoms with E-state index in [1.165, 1.54) is 17.6 Å². The number of rotatable bonds is 6. The molecule has 0 atom stereocenters. The topological polar surface area (TPSA) is 93.1 Å². The third-order valence-electron chi connectivity index (χ3n) is 4.47. The Morgan fingerprint density at radius 2 is 1.67 bits per heavy atom. The van der Waals surface area contributed by atoms with E-state index in [2.05, 4.69) is 15.6 Å². The number of carbonyl (C=O) groups is 2. The second-order valence-corrected chi connectivity index (χ2v) is 7.33. The third kappa shape index (κ3) is 5.20. The number of nitrogens with zero attached hydrogens (tertiary/aromatic N) is 2. The molecule has 1 heterocycles. The first kappa shape index (κ1) is 21.0. The highest BCUT2D eigenvalue weighted by atomic mass is 16.2. The van der Waals surface area contributed by atoms with Crippen molar-refractivity contribution >= 4 is 29.0 Å². The summed E-state index contributed by atoms with van der Waals surface area (Å²) >= 11 is 0. The van der Waals surface area contributed by atoms with E-state index in [0.29, 0.717) is 16.9 Å². The normalized spacial score (nSPS) is 10.5. The lowest BCUT2D eigenvalue weighted by molar-refractivity contribution is -0.116. The summed E-state index contributed by atoms with van der Waals surface area (Å²) in [7, 11) is 0. The van der Waals surface area contributed by atoms with Crippen LogP contribution in [0.4, 0.5) is 17.3 Å². The zero-order valence-corrected chi connectivity index (χ0v) is 17.4. The van der Waals surface area contributed by atoms with Crippen LogP contribution in [0.25, 0.3) is 0 Å². The van der Waals surface area contributed by atoms with Crippen LogP contribution in [0.1, 0.15) is 34.1 Å². The van der Waals surface area contributed by atoms with Crippen molar-refractivity contribution in [3.63, 3.8) is 0 Å². The van der Waals surface area contributed by atoms with E-state index in [1.807, 2.05) is 32.0 Å². The van der Waals surface area contributed by atoms with Crippen molar-refractivity contribution in [3.05, 3.63) is 81.3 Å². The van der Waals surface area contributed by atoms with Gasteiger partial charge in [-0.25, -0.2) is 4.98 Å². The van der Waals surface area contributed by atoms with Gasteiger partial charge >= 0.3 is 0 Å². The average molecular weight is 404 g/mol. The molecule has 0 saturated heterocycles. The number of amides is 1. The monoisotopic (exact) mass is 404 g/mol. The first-order chi connectivity index (χ1) is 14.2. The van der Waals surface area contributed by atoms with Crippen LogP contribution in [-0.2, 0) is 11.3 Å². The van der Waals surface area contributed by atoms with Crippen LogP contribution in [0.3, 0.4) is 0 Å². The number of anilines is 3. The van der Waals surface area contributed by atoms with Gasteiger partial charge in [0, 0.05) is 28.7 Å². The third-order valence-corrected chi connectivity index (χ3v) is 4.47. The number of aromatic nitrogens is 2. The summed E-state index contributed by atoms with van der Waals surface area (Å²) in [5.41, 5.74) is 4.14. The Morgan fingerprint density at radius 1 is 0.967 bits per heavy atom. The van der Waals surface area contributed by atoms with Crippen molar-refractivity contribution in [2.45, 2.75) is 34.2 Å². The van der Waals surface area contributed by atoms with Crippen molar-refractivity contribution in [1.29, 1.82) is 0 Å². The number of benzene rings is 2. The fourth-order valence-corrected chi connectivity index (χ4v) is 3.20. The molecule has 0 radical (unpaired) electrons. The number of hydrogen-bond donors (Lipinski definition) is 2. The van der Waals surface area contributed by atoms with Gasteiger partial charge in [-0.15, -0.1) is 0 Å². The lowest BCUT2D eigenvalue weighted by atomic mass is 10.1. The maximum atomic E-state index is 12.6. The van der Waals surface area contributed by atoms with Gasteiger partial charge in [-0.1, -0.05) is 18.2 Å². The minimum atomic E-state index is -0.396. The Kier molecular flexibility index (Phi) is 6.11. The fourth-order valence-electron chi connectivity index (χ4n) is 3.20. The molecule has 0 bridgehead atoms. The van der Waals surface area contributed by atoms with E-state index in [0.717, 1.165) is 16.8 Å². The van der Waals surface area contributed by atoms with Crippen LogP contribution >= 0.6 is 0 Å². The number of carbonyl (C=O) groups excluding carboxylic acids is 2. The van der Waals surface area contributed by atoms with Gasteiger partial charge in [0.05, 0.1) is 0 Å². The summed E-state index contributed by atoms with van der Waals surface area (Å²) in [6.07, 6.45) is 0. The molecule has 1 aromatic heterocycles. The molecule has 0 fully saturated rings. The summed E-state index contributed by atoms with van der Waals surface area (Å²) < 4.78 is 1.29. The molecule has 7 heteroatoms. The predicted octanol–water partition coefficient (Wildman–Crippen LogP) is 3.75. The standard InChI is InChI=1S/C23H24N4O3/c1-14-8-15(2)10-20(9-14)26-23-24-16(3)11-22(30)27(23)13-21(29)25-19-7-5-6-18(12-19)17(4)28/h5-12H,13H2,1-4H3,(H,24,26)(H,25,29).